The molecule has 1 aromatic carbocycles. The maximum atomic E-state index is 5.37. The van der Waals surface area contributed by atoms with E-state index in [2.05, 4.69) is 19.1 Å². The first-order valence-electron chi connectivity index (χ1n) is 5.08. The first-order chi connectivity index (χ1) is 6.81. The highest BCUT2D eigenvalue weighted by Gasteiger charge is 2.33. The minimum absolute atomic E-state index is 0.463. The minimum Gasteiger partial charge on any atom is -0.496 e. The lowest BCUT2D eigenvalue weighted by Crippen LogP contribution is -1.96. The second kappa shape index (κ2) is 4.01. The number of ether oxygens (including phenoxy) is 2. The molecule has 0 amide bonds. The van der Waals surface area contributed by atoms with Crippen molar-refractivity contribution in [1.29, 1.82) is 0 Å². The van der Waals surface area contributed by atoms with Crippen molar-refractivity contribution in [2.45, 2.75) is 32.0 Å². The first-order valence-corrected chi connectivity index (χ1v) is 5.08. The van der Waals surface area contributed by atoms with E-state index in [4.69, 9.17) is 9.47 Å². The summed E-state index contributed by atoms with van der Waals surface area (Å²) in [6, 6.07) is 8.17. The molecule has 0 N–H and O–H groups in total. The lowest BCUT2D eigenvalue weighted by atomic mass is 10.1. The van der Waals surface area contributed by atoms with Crippen molar-refractivity contribution in [3.05, 3.63) is 29.8 Å². The zero-order valence-corrected chi connectivity index (χ0v) is 8.69. The third-order valence-corrected chi connectivity index (χ3v) is 2.73. The number of methoxy groups -OCH3 is 1. The minimum atomic E-state index is 0.463. The zero-order valence-electron chi connectivity index (χ0n) is 8.69. The fourth-order valence-corrected chi connectivity index (χ4v) is 1.74. The molecule has 0 saturated carbocycles. The molecule has 0 radical (unpaired) electrons. The topological polar surface area (TPSA) is 21.8 Å². The number of hydrogen-bond donors (Lipinski definition) is 0. The molecule has 0 bridgehead atoms. The summed E-state index contributed by atoms with van der Waals surface area (Å²) in [5.41, 5.74) is 1.28. The molecule has 2 heteroatoms. The smallest absolute Gasteiger partial charge is 0.122 e. The molecule has 0 spiro atoms. The van der Waals surface area contributed by atoms with Crippen LogP contribution in [0.2, 0.25) is 0 Å². The Morgan fingerprint density at radius 3 is 2.71 bits per heavy atom. The average Bonchev–Trinajstić information content (AvgIpc) is 2.92. The molecule has 0 aromatic heterocycles. The maximum absolute atomic E-state index is 5.37. The van der Waals surface area contributed by atoms with Gasteiger partial charge < -0.3 is 9.47 Å². The molecule has 1 aliphatic heterocycles. The SMILES string of the molecule is COc1ccccc1CCC1OC1C. The van der Waals surface area contributed by atoms with Gasteiger partial charge in [-0.05, 0) is 31.4 Å². The summed E-state index contributed by atoms with van der Waals surface area (Å²) < 4.78 is 10.7. The van der Waals surface area contributed by atoms with Crippen LogP contribution in [0.15, 0.2) is 24.3 Å². The lowest BCUT2D eigenvalue weighted by Gasteiger charge is -2.06. The van der Waals surface area contributed by atoms with Gasteiger partial charge in [0, 0.05) is 0 Å². The second-order valence-electron chi connectivity index (χ2n) is 3.73. The predicted molar refractivity (Wildman–Crippen MR) is 55.7 cm³/mol. The van der Waals surface area contributed by atoms with Crippen molar-refractivity contribution < 1.29 is 9.47 Å². The van der Waals surface area contributed by atoms with E-state index in [0.717, 1.165) is 18.6 Å². The summed E-state index contributed by atoms with van der Waals surface area (Å²) in [5.74, 6) is 0.987. The first kappa shape index (κ1) is 9.53. The van der Waals surface area contributed by atoms with Gasteiger partial charge >= 0.3 is 0 Å². The summed E-state index contributed by atoms with van der Waals surface area (Å²) in [5, 5.41) is 0. The van der Waals surface area contributed by atoms with E-state index < -0.39 is 0 Å². The summed E-state index contributed by atoms with van der Waals surface area (Å²) in [4.78, 5) is 0. The van der Waals surface area contributed by atoms with E-state index in [-0.39, 0.29) is 0 Å². The van der Waals surface area contributed by atoms with Crippen molar-refractivity contribution in [2.75, 3.05) is 7.11 Å². The van der Waals surface area contributed by atoms with Crippen LogP contribution in [0.4, 0.5) is 0 Å². The van der Waals surface area contributed by atoms with Crippen molar-refractivity contribution in [3.63, 3.8) is 0 Å². The van der Waals surface area contributed by atoms with Gasteiger partial charge in [-0.25, -0.2) is 0 Å². The van der Waals surface area contributed by atoms with Crippen LogP contribution in [-0.4, -0.2) is 19.3 Å². The maximum Gasteiger partial charge on any atom is 0.122 e. The Morgan fingerprint density at radius 1 is 1.36 bits per heavy atom. The van der Waals surface area contributed by atoms with E-state index in [0.29, 0.717) is 12.2 Å². The van der Waals surface area contributed by atoms with Gasteiger partial charge in [0.05, 0.1) is 19.3 Å². The predicted octanol–water partition coefficient (Wildman–Crippen LogP) is 2.42. The Hall–Kier alpha value is -1.02. The van der Waals surface area contributed by atoms with Gasteiger partial charge in [-0.1, -0.05) is 18.2 Å². The highest BCUT2D eigenvalue weighted by atomic mass is 16.6. The van der Waals surface area contributed by atoms with Gasteiger partial charge in [-0.3, -0.25) is 0 Å². The van der Waals surface area contributed by atoms with Crippen LogP contribution in [0, 0.1) is 0 Å². The molecule has 1 heterocycles. The molecular weight excluding hydrogens is 176 g/mol. The lowest BCUT2D eigenvalue weighted by molar-refractivity contribution is 0.368. The summed E-state index contributed by atoms with van der Waals surface area (Å²) in [6.07, 6.45) is 3.07. The molecule has 1 fully saturated rings. The summed E-state index contributed by atoms with van der Waals surface area (Å²) in [7, 11) is 1.72. The molecule has 2 unspecified atom stereocenters. The van der Waals surface area contributed by atoms with Crippen molar-refractivity contribution in [1.82, 2.24) is 0 Å². The van der Waals surface area contributed by atoms with E-state index in [1.54, 1.807) is 7.11 Å². The van der Waals surface area contributed by atoms with Gasteiger partial charge in [0.15, 0.2) is 0 Å². The van der Waals surface area contributed by atoms with Crippen LogP contribution in [0.1, 0.15) is 18.9 Å². The Labute approximate surface area is 84.8 Å². The second-order valence-corrected chi connectivity index (χ2v) is 3.73. The van der Waals surface area contributed by atoms with E-state index in [1.807, 2.05) is 12.1 Å². The summed E-state index contributed by atoms with van der Waals surface area (Å²) in [6.45, 7) is 2.12. The van der Waals surface area contributed by atoms with Gasteiger partial charge in [-0.15, -0.1) is 0 Å². The van der Waals surface area contributed by atoms with Crippen molar-refractivity contribution >= 4 is 0 Å². The van der Waals surface area contributed by atoms with Gasteiger partial charge in [-0.2, -0.15) is 0 Å². The number of benzene rings is 1. The van der Waals surface area contributed by atoms with Crippen LogP contribution in [0.5, 0.6) is 5.75 Å². The zero-order chi connectivity index (χ0) is 9.97. The highest BCUT2D eigenvalue weighted by molar-refractivity contribution is 5.33. The van der Waals surface area contributed by atoms with Crippen LogP contribution in [0.3, 0.4) is 0 Å². The fraction of sp³-hybridized carbons (Fsp3) is 0.500. The van der Waals surface area contributed by atoms with Crippen LogP contribution < -0.4 is 4.74 Å². The molecule has 1 aliphatic rings. The monoisotopic (exact) mass is 192 g/mol. The van der Waals surface area contributed by atoms with E-state index >= 15 is 0 Å². The molecule has 76 valence electrons. The molecule has 1 saturated heterocycles. The van der Waals surface area contributed by atoms with E-state index in [1.165, 1.54) is 5.56 Å². The van der Waals surface area contributed by atoms with Gasteiger partial charge in [0.1, 0.15) is 5.75 Å². The molecule has 2 atom stereocenters. The number of hydrogen-bond acceptors (Lipinski definition) is 2. The fourth-order valence-electron chi connectivity index (χ4n) is 1.74. The standard InChI is InChI=1S/C12H16O2/c1-9-11(14-9)8-7-10-5-3-4-6-12(10)13-2/h3-6,9,11H,7-8H2,1-2H3. The van der Waals surface area contributed by atoms with Crippen LogP contribution in [0.25, 0.3) is 0 Å². The Kier molecular flexibility index (Phi) is 2.73. The molecule has 2 nitrogen and oxygen atoms in total. The quantitative estimate of drug-likeness (QED) is 0.683. The molecule has 1 aromatic rings. The summed E-state index contributed by atoms with van der Waals surface area (Å²) >= 11 is 0. The third kappa shape index (κ3) is 2.07. The Bertz CT molecular complexity index is 309. The molecule has 14 heavy (non-hydrogen) atoms. The van der Waals surface area contributed by atoms with E-state index in [9.17, 15) is 0 Å². The Balaban J connectivity index is 1.94. The third-order valence-electron chi connectivity index (χ3n) is 2.73. The normalized spacial score (nSPS) is 24.7. The van der Waals surface area contributed by atoms with Crippen LogP contribution in [-0.2, 0) is 11.2 Å². The Morgan fingerprint density at radius 2 is 2.07 bits per heavy atom. The number of rotatable bonds is 4. The number of epoxide rings is 1. The molecule has 0 aliphatic carbocycles. The van der Waals surface area contributed by atoms with Gasteiger partial charge in [0.2, 0.25) is 0 Å². The van der Waals surface area contributed by atoms with Gasteiger partial charge in [0.25, 0.3) is 0 Å². The van der Waals surface area contributed by atoms with Crippen molar-refractivity contribution in [3.8, 4) is 5.75 Å². The average molecular weight is 192 g/mol. The largest absolute Gasteiger partial charge is 0.496 e. The molecule has 2 rings (SSSR count). The highest BCUT2D eigenvalue weighted by Crippen LogP contribution is 2.28. The van der Waals surface area contributed by atoms with Crippen LogP contribution >= 0.6 is 0 Å². The van der Waals surface area contributed by atoms with Crippen molar-refractivity contribution in [2.24, 2.45) is 0 Å². The molecular formula is C12H16O2. The number of aryl methyl sites for hydroxylation is 1. The number of para-hydroxylation sites is 1.